The van der Waals surface area contributed by atoms with E-state index in [4.69, 9.17) is 4.74 Å². The van der Waals surface area contributed by atoms with Gasteiger partial charge in [0.25, 0.3) is 0 Å². The zero-order chi connectivity index (χ0) is 17.1. The number of rotatable bonds is 5. The minimum atomic E-state index is -0.940. The second kappa shape index (κ2) is 7.00. The van der Waals surface area contributed by atoms with Crippen molar-refractivity contribution in [3.05, 3.63) is 45.9 Å². The maximum absolute atomic E-state index is 12.6. The molecule has 126 valence electrons. The number of carbonyl (C=O) groups is 2. The van der Waals surface area contributed by atoms with Crippen LogP contribution in [0.4, 0.5) is 4.79 Å². The highest BCUT2D eigenvalue weighted by Crippen LogP contribution is 2.34. The maximum atomic E-state index is 12.6. The standard InChI is InChI=1S/C17H18N2O4S/c1-2-23-12-6-3-5-11(9-12)15(20)13-10-24-16(18-13)14-7-4-8-19(14)17(21)22/h3,5-6,9-10,14H,2,4,7-8H2,1H3,(H,21,22)/t14-/m0/s1. The molecule has 0 aliphatic carbocycles. The monoisotopic (exact) mass is 346 g/mol. The van der Waals surface area contributed by atoms with Crippen molar-refractivity contribution < 1.29 is 19.4 Å². The Morgan fingerprint density at radius 3 is 3.04 bits per heavy atom. The van der Waals surface area contributed by atoms with Gasteiger partial charge in [0.1, 0.15) is 16.5 Å². The number of amides is 1. The Morgan fingerprint density at radius 2 is 2.29 bits per heavy atom. The number of nitrogens with zero attached hydrogens (tertiary/aromatic N) is 2. The van der Waals surface area contributed by atoms with Crippen molar-refractivity contribution in [2.75, 3.05) is 13.2 Å². The number of hydrogen-bond donors (Lipinski definition) is 1. The van der Waals surface area contributed by atoms with E-state index < -0.39 is 6.09 Å². The second-order valence-electron chi connectivity index (χ2n) is 5.49. The molecule has 0 spiro atoms. The summed E-state index contributed by atoms with van der Waals surface area (Å²) in [7, 11) is 0. The summed E-state index contributed by atoms with van der Waals surface area (Å²) in [4.78, 5) is 29.7. The average Bonchev–Trinajstić information content (AvgIpc) is 3.23. The molecule has 1 aromatic heterocycles. The fourth-order valence-corrected chi connectivity index (χ4v) is 3.78. The van der Waals surface area contributed by atoms with Gasteiger partial charge in [0.2, 0.25) is 5.78 Å². The van der Waals surface area contributed by atoms with E-state index in [1.165, 1.54) is 16.2 Å². The van der Waals surface area contributed by atoms with Gasteiger partial charge in [-0.1, -0.05) is 12.1 Å². The molecule has 2 heterocycles. The van der Waals surface area contributed by atoms with E-state index in [-0.39, 0.29) is 11.8 Å². The van der Waals surface area contributed by atoms with E-state index in [0.29, 0.717) is 35.2 Å². The molecule has 2 aromatic rings. The Labute approximate surface area is 143 Å². The van der Waals surface area contributed by atoms with Gasteiger partial charge in [-0.05, 0) is 31.9 Å². The first kappa shape index (κ1) is 16.4. The summed E-state index contributed by atoms with van der Waals surface area (Å²) in [5, 5.41) is 11.6. The Morgan fingerprint density at radius 1 is 1.46 bits per heavy atom. The van der Waals surface area contributed by atoms with Crippen LogP contribution in [0.3, 0.4) is 0 Å². The number of benzene rings is 1. The number of aromatic nitrogens is 1. The number of carboxylic acid groups (broad SMARTS) is 1. The third-order valence-corrected chi connectivity index (χ3v) is 4.89. The van der Waals surface area contributed by atoms with Crippen LogP contribution in [0.15, 0.2) is 29.6 Å². The molecule has 1 amide bonds. The number of carbonyl (C=O) groups excluding carboxylic acids is 1. The normalized spacial score (nSPS) is 17.0. The molecular formula is C17H18N2O4S. The number of ether oxygens (including phenoxy) is 1. The van der Waals surface area contributed by atoms with Gasteiger partial charge in [0.15, 0.2) is 0 Å². The lowest BCUT2D eigenvalue weighted by Crippen LogP contribution is -2.28. The van der Waals surface area contributed by atoms with Crippen molar-refractivity contribution in [3.8, 4) is 5.75 Å². The summed E-state index contributed by atoms with van der Waals surface area (Å²) in [5.74, 6) is 0.463. The van der Waals surface area contributed by atoms with Crippen LogP contribution < -0.4 is 4.74 Å². The van der Waals surface area contributed by atoms with Crippen LogP contribution in [0.25, 0.3) is 0 Å². The first-order chi connectivity index (χ1) is 11.6. The van der Waals surface area contributed by atoms with Crippen molar-refractivity contribution in [2.24, 2.45) is 0 Å². The number of ketones is 1. The summed E-state index contributed by atoms with van der Waals surface area (Å²) < 4.78 is 5.42. The summed E-state index contributed by atoms with van der Waals surface area (Å²) in [6.07, 6.45) is 0.619. The van der Waals surface area contributed by atoms with E-state index in [2.05, 4.69) is 4.98 Å². The molecule has 1 aromatic carbocycles. The highest BCUT2D eigenvalue weighted by Gasteiger charge is 2.32. The predicted molar refractivity (Wildman–Crippen MR) is 89.9 cm³/mol. The van der Waals surface area contributed by atoms with Gasteiger partial charge in [-0.25, -0.2) is 9.78 Å². The first-order valence-corrected chi connectivity index (χ1v) is 8.70. The van der Waals surface area contributed by atoms with Gasteiger partial charge < -0.3 is 9.84 Å². The van der Waals surface area contributed by atoms with Crippen LogP contribution >= 0.6 is 11.3 Å². The van der Waals surface area contributed by atoms with E-state index in [1.807, 2.05) is 6.92 Å². The fraction of sp³-hybridized carbons (Fsp3) is 0.353. The van der Waals surface area contributed by atoms with E-state index >= 15 is 0 Å². The van der Waals surface area contributed by atoms with Crippen LogP contribution in [-0.4, -0.2) is 40.0 Å². The van der Waals surface area contributed by atoms with Crippen LogP contribution in [-0.2, 0) is 0 Å². The van der Waals surface area contributed by atoms with Crippen molar-refractivity contribution in [1.82, 2.24) is 9.88 Å². The predicted octanol–water partition coefficient (Wildman–Crippen LogP) is 3.59. The molecule has 7 heteroatoms. The van der Waals surface area contributed by atoms with Gasteiger partial charge in [-0.2, -0.15) is 0 Å². The Hall–Kier alpha value is -2.41. The number of thiazole rings is 1. The third-order valence-electron chi connectivity index (χ3n) is 3.95. The molecule has 1 aliphatic rings. The molecule has 1 aliphatic heterocycles. The van der Waals surface area contributed by atoms with Crippen LogP contribution in [0.2, 0.25) is 0 Å². The largest absolute Gasteiger partial charge is 0.494 e. The molecule has 0 radical (unpaired) electrons. The second-order valence-corrected chi connectivity index (χ2v) is 6.38. The van der Waals surface area contributed by atoms with Crippen LogP contribution in [0.5, 0.6) is 5.75 Å². The average molecular weight is 346 g/mol. The lowest BCUT2D eigenvalue weighted by molar-refractivity contribution is 0.103. The fourth-order valence-electron chi connectivity index (χ4n) is 2.84. The summed E-state index contributed by atoms with van der Waals surface area (Å²) >= 11 is 1.34. The van der Waals surface area contributed by atoms with Gasteiger partial charge in [0, 0.05) is 17.5 Å². The molecule has 6 nitrogen and oxygen atoms in total. The molecule has 1 saturated heterocycles. The molecule has 1 fully saturated rings. The van der Waals surface area contributed by atoms with Gasteiger partial charge in [-0.15, -0.1) is 11.3 Å². The molecule has 24 heavy (non-hydrogen) atoms. The Balaban J connectivity index is 1.81. The van der Waals surface area contributed by atoms with E-state index in [1.54, 1.807) is 29.6 Å². The van der Waals surface area contributed by atoms with Crippen molar-refractivity contribution in [3.63, 3.8) is 0 Å². The molecule has 1 atom stereocenters. The first-order valence-electron chi connectivity index (χ1n) is 7.82. The highest BCUT2D eigenvalue weighted by molar-refractivity contribution is 7.10. The lowest BCUT2D eigenvalue weighted by atomic mass is 10.1. The van der Waals surface area contributed by atoms with Crippen molar-refractivity contribution in [1.29, 1.82) is 0 Å². The number of likely N-dealkylation sites (tertiary alicyclic amines) is 1. The number of hydrogen-bond acceptors (Lipinski definition) is 5. The molecule has 0 unspecified atom stereocenters. The van der Waals surface area contributed by atoms with Crippen molar-refractivity contribution >= 4 is 23.2 Å². The van der Waals surface area contributed by atoms with Gasteiger partial charge >= 0.3 is 6.09 Å². The zero-order valence-electron chi connectivity index (χ0n) is 13.3. The highest BCUT2D eigenvalue weighted by atomic mass is 32.1. The Bertz CT molecular complexity index is 759. The smallest absolute Gasteiger partial charge is 0.407 e. The van der Waals surface area contributed by atoms with Crippen molar-refractivity contribution in [2.45, 2.75) is 25.8 Å². The molecule has 1 N–H and O–H groups in total. The minimum absolute atomic E-state index is 0.182. The van der Waals surface area contributed by atoms with Crippen LogP contribution in [0.1, 0.15) is 46.9 Å². The molecule has 0 saturated carbocycles. The minimum Gasteiger partial charge on any atom is -0.494 e. The topological polar surface area (TPSA) is 79.7 Å². The van der Waals surface area contributed by atoms with Gasteiger partial charge in [0.05, 0.1) is 12.6 Å². The molecular weight excluding hydrogens is 328 g/mol. The van der Waals surface area contributed by atoms with E-state index in [9.17, 15) is 14.7 Å². The quantitative estimate of drug-likeness (QED) is 0.837. The summed E-state index contributed by atoms with van der Waals surface area (Å²) in [6.45, 7) is 2.93. The molecule has 3 rings (SSSR count). The third kappa shape index (κ3) is 3.26. The summed E-state index contributed by atoms with van der Waals surface area (Å²) in [6, 6.07) is 6.75. The van der Waals surface area contributed by atoms with Gasteiger partial charge in [-0.3, -0.25) is 9.69 Å². The molecule has 0 bridgehead atoms. The SMILES string of the molecule is CCOc1cccc(C(=O)c2csc([C@@H]3CCCN3C(=O)O)n2)c1. The Kier molecular flexibility index (Phi) is 4.80. The maximum Gasteiger partial charge on any atom is 0.407 e. The van der Waals surface area contributed by atoms with E-state index in [0.717, 1.165) is 12.8 Å². The lowest BCUT2D eigenvalue weighted by Gasteiger charge is -2.18. The zero-order valence-corrected chi connectivity index (χ0v) is 14.1. The van der Waals surface area contributed by atoms with Crippen LogP contribution in [0, 0.1) is 0 Å². The summed E-state index contributed by atoms with van der Waals surface area (Å²) in [5.41, 5.74) is 0.861.